The molecule has 1 unspecified atom stereocenters. The Hall–Kier alpha value is -1.34. The van der Waals surface area contributed by atoms with Crippen LogP contribution in [-0.2, 0) is 9.59 Å². The first-order valence-corrected chi connectivity index (χ1v) is 10.3. The van der Waals surface area contributed by atoms with Crippen LogP contribution >= 0.6 is 24.8 Å². The predicted octanol–water partition coefficient (Wildman–Crippen LogP) is 2.68. The summed E-state index contributed by atoms with van der Waals surface area (Å²) in [5.74, 6) is 0.234. The molecule has 0 bridgehead atoms. The molecule has 0 aliphatic carbocycles. The molecule has 4 rings (SSSR count). The highest BCUT2D eigenvalue weighted by Crippen LogP contribution is 2.31. The highest BCUT2D eigenvalue weighted by atomic mass is 35.5. The number of halogens is 2. The minimum absolute atomic E-state index is 0. The summed E-state index contributed by atoms with van der Waals surface area (Å²) in [5.41, 5.74) is 2.34. The van der Waals surface area contributed by atoms with Gasteiger partial charge in [0.2, 0.25) is 11.8 Å². The highest BCUT2D eigenvalue weighted by molar-refractivity contribution is 6.01. The quantitative estimate of drug-likeness (QED) is 0.625. The first kappa shape index (κ1) is 23.9. The number of nitrogens with zero attached hydrogens (tertiary/aromatic N) is 1. The van der Waals surface area contributed by atoms with E-state index in [1.807, 2.05) is 0 Å². The second kappa shape index (κ2) is 11.2. The number of anilines is 1. The van der Waals surface area contributed by atoms with Gasteiger partial charge < -0.3 is 15.5 Å². The molecule has 8 heteroatoms. The standard InChI is InChI=1S/C21H30N4O2.2ClH/c26-20-6-5-19(21(27)24-20)23-17-3-1-15(2-4-17)16-9-13-25(14-10-16)18-7-11-22-12-8-18;;/h1-4,16,18-19,22-23H,5-14H2,(H,24,26,27);2*1H. The second-order valence-electron chi connectivity index (χ2n) is 8.06. The molecule has 0 aromatic heterocycles. The van der Waals surface area contributed by atoms with Gasteiger partial charge in [-0.25, -0.2) is 0 Å². The van der Waals surface area contributed by atoms with Gasteiger partial charge in [0, 0.05) is 18.2 Å². The summed E-state index contributed by atoms with van der Waals surface area (Å²) in [6.07, 6.45) is 5.98. The largest absolute Gasteiger partial charge is 0.374 e. The normalized spacial score (nSPS) is 24.2. The summed E-state index contributed by atoms with van der Waals surface area (Å²) >= 11 is 0. The number of likely N-dealkylation sites (tertiary alicyclic amines) is 1. The zero-order valence-electron chi connectivity index (χ0n) is 16.7. The van der Waals surface area contributed by atoms with Gasteiger partial charge in [-0.05, 0) is 81.9 Å². The molecule has 1 aromatic rings. The van der Waals surface area contributed by atoms with Crippen molar-refractivity contribution in [2.45, 2.75) is 56.5 Å². The number of piperidine rings is 3. The van der Waals surface area contributed by atoms with E-state index in [1.54, 1.807) is 0 Å². The molecule has 1 aromatic carbocycles. The number of hydrogen-bond donors (Lipinski definition) is 3. The van der Waals surface area contributed by atoms with Crippen molar-refractivity contribution in [3.05, 3.63) is 29.8 Å². The van der Waals surface area contributed by atoms with E-state index in [2.05, 4.69) is 45.1 Å². The molecule has 3 aliphatic rings. The second-order valence-corrected chi connectivity index (χ2v) is 8.06. The highest BCUT2D eigenvalue weighted by Gasteiger charge is 2.28. The zero-order valence-corrected chi connectivity index (χ0v) is 18.3. The first-order chi connectivity index (χ1) is 13.2. The van der Waals surface area contributed by atoms with Crippen LogP contribution in [0.2, 0.25) is 0 Å². The fourth-order valence-electron chi connectivity index (χ4n) is 4.65. The lowest BCUT2D eigenvalue weighted by Gasteiger charge is -2.39. The van der Waals surface area contributed by atoms with E-state index in [-0.39, 0.29) is 42.7 Å². The number of rotatable bonds is 4. The third-order valence-corrected chi connectivity index (χ3v) is 6.32. The van der Waals surface area contributed by atoms with Crippen LogP contribution in [0.1, 0.15) is 50.0 Å². The van der Waals surface area contributed by atoms with E-state index >= 15 is 0 Å². The number of hydrogen-bond acceptors (Lipinski definition) is 5. The SMILES string of the molecule is Cl.Cl.O=C1CCC(Nc2ccc(C3CCN(C4CCNCC4)CC3)cc2)C(=O)N1. The molecule has 1 atom stereocenters. The number of amides is 2. The van der Waals surface area contributed by atoms with E-state index in [0.29, 0.717) is 18.8 Å². The fourth-order valence-corrected chi connectivity index (χ4v) is 4.65. The summed E-state index contributed by atoms with van der Waals surface area (Å²) < 4.78 is 0. The Morgan fingerprint density at radius 3 is 2.17 bits per heavy atom. The van der Waals surface area contributed by atoms with E-state index < -0.39 is 0 Å². The monoisotopic (exact) mass is 442 g/mol. The molecule has 3 saturated heterocycles. The number of benzene rings is 1. The smallest absolute Gasteiger partial charge is 0.249 e. The minimum Gasteiger partial charge on any atom is -0.374 e. The summed E-state index contributed by atoms with van der Waals surface area (Å²) in [6.45, 7) is 4.72. The van der Waals surface area contributed by atoms with Gasteiger partial charge in [-0.3, -0.25) is 14.9 Å². The van der Waals surface area contributed by atoms with Crippen LogP contribution in [0.25, 0.3) is 0 Å². The van der Waals surface area contributed by atoms with Gasteiger partial charge in [-0.15, -0.1) is 24.8 Å². The van der Waals surface area contributed by atoms with Gasteiger partial charge >= 0.3 is 0 Å². The molecule has 0 radical (unpaired) electrons. The molecule has 0 saturated carbocycles. The molecule has 2 amide bonds. The lowest BCUT2D eigenvalue weighted by atomic mass is 9.88. The molecular weight excluding hydrogens is 411 g/mol. The number of carbonyl (C=O) groups excluding carboxylic acids is 2. The minimum atomic E-state index is -0.318. The van der Waals surface area contributed by atoms with Gasteiger partial charge in [0.1, 0.15) is 6.04 Å². The van der Waals surface area contributed by atoms with E-state index in [1.165, 1.54) is 44.3 Å². The van der Waals surface area contributed by atoms with E-state index in [4.69, 9.17) is 0 Å². The third kappa shape index (κ3) is 6.07. The fraction of sp³-hybridized carbons (Fsp3) is 0.619. The van der Waals surface area contributed by atoms with Crippen molar-refractivity contribution in [3.63, 3.8) is 0 Å². The van der Waals surface area contributed by atoms with Crippen LogP contribution < -0.4 is 16.0 Å². The van der Waals surface area contributed by atoms with Crippen LogP contribution in [0, 0.1) is 0 Å². The molecule has 162 valence electrons. The maximum atomic E-state index is 11.9. The topological polar surface area (TPSA) is 73.5 Å². The molecule has 3 aliphatic heterocycles. The molecule has 6 nitrogen and oxygen atoms in total. The van der Waals surface area contributed by atoms with Crippen molar-refractivity contribution in [1.82, 2.24) is 15.5 Å². The van der Waals surface area contributed by atoms with Crippen molar-refractivity contribution >= 4 is 42.3 Å². The zero-order chi connectivity index (χ0) is 18.6. The van der Waals surface area contributed by atoms with Crippen molar-refractivity contribution < 1.29 is 9.59 Å². The van der Waals surface area contributed by atoms with Crippen molar-refractivity contribution in [1.29, 1.82) is 0 Å². The van der Waals surface area contributed by atoms with Crippen molar-refractivity contribution in [2.75, 3.05) is 31.5 Å². The van der Waals surface area contributed by atoms with Crippen LogP contribution in [0.3, 0.4) is 0 Å². The molecule has 3 N–H and O–H groups in total. The van der Waals surface area contributed by atoms with E-state index in [0.717, 1.165) is 24.8 Å². The van der Waals surface area contributed by atoms with Gasteiger partial charge in [-0.1, -0.05) is 12.1 Å². The molecule has 29 heavy (non-hydrogen) atoms. The number of nitrogens with one attached hydrogen (secondary N) is 3. The Kier molecular flexibility index (Phi) is 9.21. The Morgan fingerprint density at radius 1 is 0.897 bits per heavy atom. The van der Waals surface area contributed by atoms with Gasteiger partial charge in [0.05, 0.1) is 0 Å². The average molecular weight is 443 g/mol. The van der Waals surface area contributed by atoms with Crippen molar-refractivity contribution in [3.8, 4) is 0 Å². The summed E-state index contributed by atoms with van der Waals surface area (Å²) in [6, 6.07) is 8.98. The molecule has 3 fully saturated rings. The Balaban J connectivity index is 0.00000150. The summed E-state index contributed by atoms with van der Waals surface area (Å²) in [7, 11) is 0. The predicted molar refractivity (Wildman–Crippen MR) is 120 cm³/mol. The maximum Gasteiger partial charge on any atom is 0.249 e. The first-order valence-electron chi connectivity index (χ1n) is 10.3. The van der Waals surface area contributed by atoms with E-state index in [9.17, 15) is 9.59 Å². The summed E-state index contributed by atoms with van der Waals surface area (Å²) in [5, 5.41) is 9.10. The maximum absolute atomic E-state index is 11.9. The lowest BCUT2D eigenvalue weighted by molar-refractivity contribution is -0.133. The number of imide groups is 1. The van der Waals surface area contributed by atoms with Crippen LogP contribution in [-0.4, -0.2) is 55.0 Å². The average Bonchev–Trinajstić information content (AvgIpc) is 2.71. The molecular formula is C21H32Cl2N4O2. The van der Waals surface area contributed by atoms with Gasteiger partial charge in [-0.2, -0.15) is 0 Å². The Morgan fingerprint density at radius 2 is 1.55 bits per heavy atom. The lowest BCUT2D eigenvalue weighted by Crippen LogP contribution is -2.47. The van der Waals surface area contributed by atoms with Gasteiger partial charge in [0.15, 0.2) is 0 Å². The van der Waals surface area contributed by atoms with Gasteiger partial charge in [0.25, 0.3) is 0 Å². The van der Waals surface area contributed by atoms with Crippen LogP contribution in [0.5, 0.6) is 0 Å². The number of carbonyl (C=O) groups is 2. The Labute approximate surface area is 185 Å². The van der Waals surface area contributed by atoms with Crippen LogP contribution in [0.15, 0.2) is 24.3 Å². The summed E-state index contributed by atoms with van der Waals surface area (Å²) in [4.78, 5) is 25.8. The molecule has 0 spiro atoms. The van der Waals surface area contributed by atoms with Crippen molar-refractivity contribution in [2.24, 2.45) is 0 Å². The van der Waals surface area contributed by atoms with Crippen LogP contribution in [0.4, 0.5) is 5.69 Å². The molecule has 3 heterocycles. The Bertz CT molecular complexity index is 672. The third-order valence-electron chi connectivity index (χ3n) is 6.32.